The topological polar surface area (TPSA) is 99.6 Å². The van der Waals surface area contributed by atoms with E-state index in [-0.39, 0.29) is 50.2 Å². The molecule has 0 bridgehead atoms. The fourth-order valence-electron chi connectivity index (χ4n) is 3.35. The Labute approximate surface area is 238 Å². The number of carbonyl (C=O) groups excluding carboxylic acids is 2. The first-order chi connectivity index (χ1) is 18.6. The average Bonchev–Trinajstić information content (AvgIpc) is 3.57. The molecule has 210 valence electrons. The number of halogens is 6. The number of rotatable bonds is 7. The van der Waals surface area contributed by atoms with Crippen molar-refractivity contribution in [2.75, 3.05) is 11.9 Å². The minimum atomic E-state index is -4.98. The van der Waals surface area contributed by atoms with Gasteiger partial charge < -0.3 is 10.4 Å². The van der Waals surface area contributed by atoms with E-state index in [1.807, 2.05) is 0 Å². The number of nitrogens with one attached hydrogen (secondary N) is 1. The number of carboxylic acids is 1. The van der Waals surface area contributed by atoms with E-state index in [1.54, 1.807) is 0 Å². The summed E-state index contributed by atoms with van der Waals surface area (Å²) in [5.74, 6) is -2.31. The van der Waals surface area contributed by atoms with E-state index < -0.39 is 41.3 Å². The van der Waals surface area contributed by atoms with Gasteiger partial charge in [0, 0.05) is 23.2 Å². The highest BCUT2D eigenvalue weighted by molar-refractivity contribution is 8.26. The van der Waals surface area contributed by atoms with Gasteiger partial charge in [-0.05, 0) is 46.8 Å². The lowest BCUT2D eigenvalue weighted by molar-refractivity contribution is -0.143. The summed E-state index contributed by atoms with van der Waals surface area (Å²) in [6.45, 7) is -0.0921. The molecule has 0 radical (unpaired) electrons. The molecule has 0 spiro atoms. The van der Waals surface area contributed by atoms with E-state index in [0.717, 1.165) is 34.4 Å². The fraction of sp³-hybridized carbons (Fsp3) is 0.174. The highest BCUT2D eigenvalue weighted by Crippen LogP contribution is 2.40. The van der Waals surface area contributed by atoms with Crippen molar-refractivity contribution in [3.8, 4) is 11.1 Å². The number of thiocarbonyl (C=S) groups is 1. The van der Waals surface area contributed by atoms with Gasteiger partial charge in [-0.3, -0.25) is 14.5 Å². The molecule has 17 heteroatoms. The number of thiazole rings is 1. The molecule has 0 aliphatic carbocycles. The largest absolute Gasteiger partial charge is 0.476 e. The van der Waals surface area contributed by atoms with Crippen LogP contribution in [0.3, 0.4) is 0 Å². The minimum absolute atomic E-state index is 0.0482. The second-order valence-electron chi connectivity index (χ2n) is 8.01. The Morgan fingerprint density at radius 1 is 1.00 bits per heavy atom. The molecule has 0 saturated carbocycles. The van der Waals surface area contributed by atoms with Crippen LogP contribution in [-0.2, 0) is 21.9 Å². The number of alkyl halides is 6. The maximum absolute atomic E-state index is 13.2. The monoisotopic (exact) mass is 637 g/mol. The predicted molar refractivity (Wildman–Crippen MR) is 142 cm³/mol. The zero-order chi connectivity index (χ0) is 29.4. The van der Waals surface area contributed by atoms with Crippen LogP contribution in [0.1, 0.15) is 32.9 Å². The molecule has 40 heavy (non-hydrogen) atoms. The zero-order valence-corrected chi connectivity index (χ0v) is 22.7. The number of thioether (sulfide) groups is 1. The molecular formula is C23H13F6N3O4S4. The van der Waals surface area contributed by atoms with Gasteiger partial charge in [0.1, 0.15) is 4.32 Å². The number of carboxylic acid groups (broad SMARTS) is 1. The van der Waals surface area contributed by atoms with Crippen molar-refractivity contribution in [2.24, 2.45) is 0 Å². The Hall–Kier alpha value is -3.28. The molecule has 1 aromatic carbocycles. The summed E-state index contributed by atoms with van der Waals surface area (Å²) >= 11 is 8.07. The fourth-order valence-corrected chi connectivity index (χ4v) is 6.27. The molecule has 3 heterocycles. The van der Waals surface area contributed by atoms with Crippen molar-refractivity contribution in [2.45, 2.75) is 18.8 Å². The summed E-state index contributed by atoms with van der Waals surface area (Å²) < 4.78 is 79.4. The van der Waals surface area contributed by atoms with Crippen molar-refractivity contribution in [1.29, 1.82) is 0 Å². The third-order valence-electron chi connectivity index (χ3n) is 5.22. The predicted octanol–water partition coefficient (Wildman–Crippen LogP) is 6.84. The molecule has 0 unspecified atom stereocenters. The lowest BCUT2D eigenvalue weighted by Crippen LogP contribution is -2.31. The number of thiophene rings is 1. The smallest absolute Gasteiger partial charge is 0.416 e. The van der Waals surface area contributed by atoms with Crippen LogP contribution in [0, 0.1) is 0 Å². The van der Waals surface area contributed by atoms with Crippen LogP contribution in [0.4, 0.5) is 31.5 Å². The first kappa shape index (κ1) is 29.7. The highest BCUT2D eigenvalue weighted by atomic mass is 32.2. The lowest BCUT2D eigenvalue weighted by Gasteiger charge is -2.13. The highest BCUT2D eigenvalue weighted by Gasteiger charge is 2.37. The zero-order valence-electron chi connectivity index (χ0n) is 19.4. The van der Waals surface area contributed by atoms with E-state index in [0.29, 0.717) is 17.0 Å². The van der Waals surface area contributed by atoms with Gasteiger partial charge in [-0.15, -0.1) is 22.7 Å². The molecule has 2 N–H and O–H groups in total. The number of anilines is 1. The SMILES string of the molecule is O=C(CCN1C(=O)C(=Cc2cc(-c3cc(C(F)(F)F)cc(C(F)(F)F)c3)cs2)SC1=S)Nc1nc(C(=O)O)cs1. The van der Waals surface area contributed by atoms with Gasteiger partial charge in [-0.2, -0.15) is 26.3 Å². The Kier molecular flexibility index (Phi) is 8.39. The van der Waals surface area contributed by atoms with Crippen LogP contribution in [0.25, 0.3) is 17.2 Å². The molecule has 7 nitrogen and oxygen atoms in total. The summed E-state index contributed by atoms with van der Waals surface area (Å²) in [7, 11) is 0. The molecule has 4 rings (SSSR count). The van der Waals surface area contributed by atoms with Crippen LogP contribution in [-0.4, -0.2) is 43.6 Å². The summed E-state index contributed by atoms with van der Waals surface area (Å²) in [5, 5.41) is 14.0. The van der Waals surface area contributed by atoms with Crippen LogP contribution >= 0.6 is 46.7 Å². The van der Waals surface area contributed by atoms with Crippen molar-refractivity contribution in [1.82, 2.24) is 9.88 Å². The Morgan fingerprint density at radius 2 is 1.65 bits per heavy atom. The molecule has 3 aromatic rings. The Balaban J connectivity index is 1.46. The molecule has 0 atom stereocenters. The van der Waals surface area contributed by atoms with Gasteiger partial charge in [0.25, 0.3) is 5.91 Å². The number of aromatic carboxylic acids is 1. The molecule has 1 saturated heterocycles. The number of nitrogens with zero attached hydrogens (tertiary/aromatic N) is 2. The first-order valence-electron chi connectivity index (χ1n) is 10.7. The lowest BCUT2D eigenvalue weighted by atomic mass is 10.0. The summed E-state index contributed by atoms with van der Waals surface area (Å²) in [4.78, 5) is 41.4. The number of amides is 2. The molecule has 2 amide bonds. The van der Waals surface area contributed by atoms with Gasteiger partial charge in [-0.1, -0.05) is 24.0 Å². The van der Waals surface area contributed by atoms with E-state index >= 15 is 0 Å². The Morgan fingerprint density at radius 3 is 2.23 bits per heavy atom. The number of carbonyl (C=O) groups is 3. The van der Waals surface area contributed by atoms with E-state index in [4.69, 9.17) is 17.3 Å². The Bertz CT molecular complexity index is 1510. The van der Waals surface area contributed by atoms with Gasteiger partial charge in [0.05, 0.1) is 16.0 Å². The summed E-state index contributed by atoms with van der Waals surface area (Å²) in [5.41, 5.74) is -3.28. The number of hydrogen-bond donors (Lipinski definition) is 2. The maximum Gasteiger partial charge on any atom is 0.416 e. The van der Waals surface area contributed by atoms with Crippen molar-refractivity contribution < 1.29 is 45.8 Å². The van der Waals surface area contributed by atoms with E-state index in [1.165, 1.54) is 27.8 Å². The average molecular weight is 638 g/mol. The van der Waals surface area contributed by atoms with Crippen molar-refractivity contribution >= 4 is 80.0 Å². The van der Waals surface area contributed by atoms with Gasteiger partial charge in [0.15, 0.2) is 10.8 Å². The maximum atomic E-state index is 13.2. The molecule has 1 fully saturated rings. The minimum Gasteiger partial charge on any atom is -0.476 e. The summed E-state index contributed by atoms with van der Waals surface area (Å²) in [6, 6.07) is 2.66. The van der Waals surface area contributed by atoms with Gasteiger partial charge >= 0.3 is 18.3 Å². The molecular weight excluding hydrogens is 625 g/mol. The van der Waals surface area contributed by atoms with Crippen LogP contribution in [0.5, 0.6) is 0 Å². The number of benzene rings is 1. The molecule has 1 aliphatic rings. The van der Waals surface area contributed by atoms with Crippen molar-refractivity contribution in [3.05, 3.63) is 61.6 Å². The standard InChI is InChI=1S/C23H13F6N3O4S4/c24-22(25,26)12-3-10(4-13(6-12)23(27,28)29)11-5-14(38-8-11)7-16-18(34)32(21(37)40-16)2-1-17(33)31-20-30-15(9-39-20)19(35)36/h3-9H,1-2H2,(H,35,36)(H,30,31,33). The van der Waals surface area contributed by atoms with Gasteiger partial charge in [-0.25, -0.2) is 9.78 Å². The van der Waals surface area contributed by atoms with Crippen LogP contribution in [0.15, 0.2) is 39.9 Å². The number of hydrogen-bond acceptors (Lipinski definition) is 8. The van der Waals surface area contributed by atoms with Crippen LogP contribution in [0.2, 0.25) is 0 Å². The molecule has 2 aromatic heterocycles. The second kappa shape index (κ2) is 11.3. The molecule has 1 aliphatic heterocycles. The summed E-state index contributed by atoms with van der Waals surface area (Å²) in [6.07, 6.45) is -8.74. The van der Waals surface area contributed by atoms with Crippen molar-refractivity contribution in [3.63, 3.8) is 0 Å². The third kappa shape index (κ3) is 6.89. The quantitative estimate of drug-likeness (QED) is 0.166. The second-order valence-corrected chi connectivity index (χ2v) is 11.5. The van der Waals surface area contributed by atoms with E-state index in [9.17, 15) is 40.7 Å². The number of aromatic nitrogens is 1. The van der Waals surface area contributed by atoms with Gasteiger partial charge in [0.2, 0.25) is 5.91 Å². The normalized spacial score (nSPS) is 15.2. The third-order valence-corrected chi connectivity index (χ3v) is 8.23. The first-order valence-corrected chi connectivity index (χ1v) is 13.7. The van der Waals surface area contributed by atoms with E-state index in [2.05, 4.69) is 10.3 Å². The van der Waals surface area contributed by atoms with Crippen LogP contribution < -0.4 is 5.32 Å².